The van der Waals surface area contributed by atoms with E-state index in [9.17, 15) is 4.79 Å². The fourth-order valence-corrected chi connectivity index (χ4v) is 1.74. The van der Waals surface area contributed by atoms with Crippen LogP contribution in [0.4, 0.5) is 16.2 Å². The first-order chi connectivity index (χ1) is 9.58. The zero-order valence-corrected chi connectivity index (χ0v) is 11.4. The molecule has 0 aliphatic heterocycles. The Morgan fingerprint density at radius 1 is 0.950 bits per heavy atom. The van der Waals surface area contributed by atoms with E-state index in [2.05, 4.69) is 10.6 Å². The van der Waals surface area contributed by atoms with Crippen LogP contribution in [-0.4, -0.2) is 6.03 Å². The van der Waals surface area contributed by atoms with Crippen molar-refractivity contribution in [3.8, 4) is 6.07 Å². The molecule has 0 fully saturated rings. The van der Waals surface area contributed by atoms with Crippen LogP contribution in [0.15, 0.2) is 42.5 Å². The Morgan fingerprint density at radius 2 is 1.55 bits per heavy atom. The summed E-state index contributed by atoms with van der Waals surface area (Å²) in [7, 11) is 0. The molecule has 0 aliphatic rings. The molecular formula is C16H15N3O. The van der Waals surface area contributed by atoms with Crippen molar-refractivity contribution in [2.24, 2.45) is 0 Å². The second kappa shape index (κ2) is 5.89. The molecule has 0 unspecified atom stereocenters. The van der Waals surface area contributed by atoms with Gasteiger partial charge in [0.2, 0.25) is 0 Å². The topological polar surface area (TPSA) is 64.9 Å². The molecule has 2 aromatic rings. The van der Waals surface area contributed by atoms with E-state index in [1.54, 1.807) is 24.3 Å². The number of aryl methyl sites for hydroxylation is 2. The fourth-order valence-electron chi connectivity index (χ4n) is 1.74. The number of nitriles is 1. The fraction of sp³-hybridized carbons (Fsp3) is 0.125. The molecule has 0 aromatic heterocycles. The van der Waals surface area contributed by atoms with E-state index in [-0.39, 0.29) is 6.03 Å². The summed E-state index contributed by atoms with van der Waals surface area (Å²) in [6.45, 7) is 4.02. The van der Waals surface area contributed by atoms with Crippen LogP contribution < -0.4 is 10.6 Å². The summed E-state index contributed by atoms with van der Waals surface area (Å²) in [5.74, 6) is 0. The van der Waals surface area contributed by atoms with Gasteiger partial charge in [0, 0.05) is 11.4 Å². The maximum absolute atomic E-state index is 11.8. The average Bonchev–Trinajstić information content (AvgIpc) is 2.44. The second-order valence-corrected chi connectivity index (χ2v) is 4.57. The van der Waals surface area contributed by atoms with Crippen molar-refractivity contribution < 1.29 is 4.79 Å². The molecule has 2 N–H and O–H groups in total. The van der Waals surface area contributed by atoms with Crippen LogP contribution in [0.3, 0.4) is 0 Å². The summed E-state index contributed by atoms with van der Waals surface area (Å²) in [5, 5.41) is 14.2. The van der Waals surface area contributed by atoms with Crippen LogP contribution in [0, 0.1) is 25.2 Å². The van der Waals surface area contributed by atoms with Crippen molar-refractivity contribution in [3.05, 3.63) is 59.2 Å². The standard InChI is InChI=1S/C16H15N3O/c1-11-3-6-15(9-12(11)2)19-16(20)18-14-7-4-13(10-17)5-8-14/h3-9H,1-2H3,(H2,18,19,20). The number of hydrogen-bond donors (Lipinski definition) is 2. The molecule has 0 atom stereocenters. The zero-order valence-electron chi connectivity index (χ0n) is 11.4. The smallest absolute Gasteiger partial charge is 0.308 e. The third-order valence-electron chi connectivity index (χ3n) is 3.04. The Labute approximate surface area is 118 Å². The number of carbonyl (C=O) groups is 1. The summed E-state index contributed by atoms with van der Waals surface area (Å²) >= 11 is 0. The van der Waals surface area contributed by atoms with Crippen molar-refractivity contribution >= 4 is 17.4 Å². The molecule has 2 rings (SSSR count). The van der Waals surface area contributed by atoms with E-state index in [4.69, 9.17) is 5.26 Å². The first-order valence-corrected chi connectivity index (χ1v) is 6.24. The van der Waals surface area contributed by atoms with E-state index in [0.29, 0.717) is 11.3 Å². The van der Waals surface area contributed by atoms with Crippen LogP contribution in [0.25, 0.3) is 0 Å². The van der Waals surface area contributed by atoms with Crippen LogP contribution in [0.1, 0.15) is 16.7 Å². The minimum atomic E-state index is -0.307. The van der Waals surface area contributed by atoms with E-state index in [1.165, 1.54) is 5.56 Å². The summed E-state index contributed by atoms with van der Waals surface area (Å²) < 4.78 is 0. The van der Waals surface area contributed by atoms with E-state index in [0.717, 1.165) is 11.3 Å². The lowest BCUT2D eigenvalue weighted by molar-refractivity contribution is 0.262. The van der Waals surface area contributed by atoms with Gasteiger partial charge in [-0.3, -0.25) is 0 Å². The molecule has 4 heteroatoms. The molecule has 0 saturated carbocycles. The Kier molecular flexibility index (Phi) is 4.02. The molecule has 2 amide bonds. The zero-order chi connectivity index (χ0) is 14.5. The number of carbonyl (C=O) groups excluding carboxylic acids is 1. The monoisotopic (exact) mass is 265 g/mol. The second-order valence-electron chi connectivity index (χ2n) is 4.57. The van der Waals surface area contributed by atoms with Gasteiger partial charge in [-0.2, -0.15) is 5.26 Å². The number of urea groups is 1. The maximum atomic E-state index is 11.8. The van der Waals surface area contributed by atoms with Crippen molar-refractivity contribution in [3.63, 3.8) is 0 Å². The van der Waals surface area contributed by atoms with E-state index >= 15 is 0 Å². The molecular weight excluding hydrogens is 250 g/mol. The Morgan fingerprint density at radius 3 is 2.15 bits per heavy atom. The Hall–Kier alpha value is -2.80. The first-order valence-electron chi connectivity index (χ1n) is 6.24. The first kappa shape index (κ1) is 13.6. The molecule has 0 radical (unpaired) electrons. The highest BCUT2D eigenvalue weighted by Gasteiger charge is 2.03. The van der Waals surface area contributed by atoms with Crippen molar-refractivity contribution in [1.29, 1.82) is 5.26 Å². The van der Waals surface area contributed by atoms with Gasteiger partial charge in [-0.05, 0) is 61.4 Å². The Balaban J connectivity index is 2.01. The number of nitrogens with zero attached hydrogens (tertiary/aromatic N) is 1. The van der Waals surface area contributed by atoms with E-state index < -0.39 is 0 Å². The van der Waals surface area contributed by atoms with Crippen molar-refractivity contribution in [2.45, 2.75) is 13.8 Å². The van der Waals surface area contributed by atoms with Gasteiger partial charge >= 0.3 is 6.03 Å². The van der Waals surface area contributed by atoms with Crippen LogP contribution in [0.5, 0.6) is 0 Å². The molecule has 0 bridgehead atoms. The van der Waals surface area contributed by atoms with Crippen molar-refractivity contribution in [1.82, 2.24) is 0 Å². The number of benzene rings is 2. The number of nitrogens with one attached hydrogen (secondary N) is 2. The van der Waals surface area contributed by atoms with Gasteiger partial charge in [0.1, 0.15) is 0 Å². The van der Waals surface area contributed by atoms with Gasteiger partial charge < -0.3 is 10.6 Å². The number of anilines is 2. The molecule has 100 valence electrons. The van der Waals surface area contributed by atoms with Crippen molar-refractivity contribution in [2.75, 3.05) is 10.6 Å². The number of amides is 2. The lowest BCUT2D eigenvalue weighted by Gasteiger charge is -2.09. The van der Waals surface area contributed by atoms with Crippen LogP contribution in [0.2, 0.25) is 0 Å². The van der Waals surface area contributed by atoms with Gasteiger partial charge in [-0.25, -0.2) is 4.79 Å². The molecule has 0 spiro atoms. The largest absolute Gasteiger partial charge is 0.323 e. The van der Waals surface area contributed by atoms with Gasteiger partial charge in [-0.15, -0.1) is 0 Å². The van der Waals surface area contributed by atoms with Gasteiger partial charge in [0.25, 0.3) is 0 Å². The predicted molar refractivity (Wildman–Crippen MR) is 79.7 cm³/mol. The average molecular weight is 265 g/mol. The minimum absolute atomic E-state index is 0.307. The lowest BCUT2D eigenvalue weighted by Crippen LogP contribution is -2.19. The van der Waals surface area contributed by atoms with Crippen LogP contribution >= 0.6 is 0 Å². The maximum Gasteiger partial charge on any atom is 0.323 e. The highest BCUT2D eigenvalue weighted by atomic mass is 16.2. The highest BCUT2D eigenvalue weighted by molar-refractivity contribution is 5.99. The van der Waals surface area contributed by atoms with E-state index in [1.807, 2.05) is 38.1 Å². The Bertz CT molecular complexity index is 669. The quantitative estimate of drug-likeness (QED) is 0.866. The highest BCUT2D eigenvalue weighted by Crippen LogP contribution is 2.15. The summed E-state index contributed by atoms with van der Waals surface area (Å²) in [5.41, 5.74) is 4.26. The molecule has 4 nitrogen and oxygen atoms in total. The van der Waals surface area contributed by atoms with Gasteiger partial charge in [0.15, 0.2) is 0 Å². The number of rotatable bonds is 2. The number of hydrogen-bond acceptors (Lipinski definition) is 2. The molecule has 2 aromatic carbocycles. The molecule has 0 aliphatic carbocycles. The third-order valence-corrected chi connectivity index (χ3v) is 3.04. The minimum Gasteiger partial charge on any atom is -0.308 e. The SMILES string of the molecule is Cc1ccc(NC(=O)Nc2ccc(C#N)cc2)cc1C. The predicted octanol–water partition coefficient (Wildman–Crippen LogP) is 3.82. The lowest BCUT2D eigenvalue weighted by atomic mass is 10.1. The van der Waals surface area contributed by atoms with Gasteiger partial charge in [-0.1, -0.05) is 6.07 Å². The summed E-state index contributed by atoms with van der Waals surface area (Å²) in [4.78, 5) is 11.8. The molecule has 20 heavy (non-hydrogen) atoms. The summed E-state index contributed by atoms with van der Waals surface area (Å²) in [6, 6.07) is 14.2. The molecule has 0 heterocycles. The summed E-state index contributed by atoms with van der Waals surface area (Å²) in [6.07, 6.45) is 0. The normalized spacial score (nSPS) is 9.65. The molecule has 0 saturated heterocycles. The van der Waals surface area contributed by atoms with Crippen LogP contribution in [-0.2, 0) is 0 Å². The third kappa shape index (κ3) is 3.36. The van der Waals surface area contributed by atoms with Gasteiger partial charge in [0.05, 0.1) is 11.6 Å².